The Labute approximate surface area is 54.8 Å². The third-order valence-electron chi connectivity index (χ3n) is 0.733. The topological polar surface area (TPSA) is 12.9 Å². The van der Waals surface area contributed by atoms with Crippen molar-refractivity contribution in [1.82, 2.24) is 4.98 Å². The Bertz CT molecular complexity index is 213. The molecular formula is C4F4NP. The highest BCUT2D eigenvalue weighted by Gasteiger charge is 2.10. The average molecular weight is 169 g/mol. The third kappa shape index (κ3) is 1.24. The van der Waals surface area contributed by atoms with Gasteiger partial charge in [-0.1, -0.05) is 0 Å². The molecule has 0 aromatic carbocycles. The van der Waals surface area contributed by atoms with E-state index in [-0.39, 0.29) is 0 Å². The van der Waals surface area contributed by atoms with Crippen LogP contribution in [0.3, 0.4) is 0 Å². The zero-order valence-electron chi connectivity index (χ0n) is 4.41. The SMILES string of the molecule is Fc1nc(F)c(F)pc1F. The molecule has 0 radical (unpaired) electrons. The highest BCUT2D eigenvalue weighted by atomic mass is 31.0. The van der Waals surface area contributed by atoms with Crippen LogP contribution in [0.5, 0.6) is 0 Å². The van der Waals surface area contributed by atoms with Crippen LogP contribution in [0.1, 0.15) is 0 Å². The summed E-state index contributed by atoms with van der Waals surface area (Å²) in [6.45, 7) is 0. The van der Waals surface area contributed by atoms with Crippen molar-refractivity contribution in [2.75, 3.05) is 0 Å². The van der Waals surface area contributed by atoms with Gasteiger partial charge in [0.1, 0.15) is 0 Å². The van der Waals surface area contributed by atoms with Gasteiger partial charge in [0.2, 0.25) is 11.1 Å². The Hall–Kier alpha value is -0.700. The molecule has 1 aromatic heterocycles. The van der Waals surface area contributed by atoms with Crippen LogP contribution < -0.4 is 0 Å². The average Bonchev–Trinajstić information content (AvgIpc) is 1.84. The first kappa shape index (κ1) is 7.41. The summed E-state index contributed by atoms with van der Waals surface area (Å²) in [6, 6.07) is 0. The number of rotatable bonds is 0. The zero-order chi connectivity index (χ0) is 7.72. The Kier molecular flexibility index (Phi) is 1.85. The van der Waals surface area contributed by atoms with E-state index in [1.165, 1.54) is 0 Å². The molecule has 0 saturated carbocycles. The van der Waals surface area contributed by atoms with Gasteiger partial charge in [-0.05, 0) is 0 Å². The van der Waals surface area contributed by atoms with Crippen molar-refractivity contribution in [3.05, 3.63) is 23.0 Å². The standard InChI is InChI=1S/C4F4NP/c5-1-3(7)10-4(8)2(6)9-1. The van der Waals surface area contributed by atoms with E-state index >= 15 is 0 Å². The van der Waals surface area contributed by atoms with E-state index in [0.717, 1.165) is 0 Å². The summed E-state index contributed by atoms with van der Waals surface area (Å²) in [4.78, 5) is 2.31. The molecule has 0 aliphatic heterocycles. The largest absolute Gasteiger partial charge is 0.256 e. The second kappa shape index (κ2) is 2.50. The van der Waals surface area contributed by atoms with Crippen LogP contribution in [0.4, 0.5) is 17.6 Å². The summed E-state index contributed by atoms with van der Waals surface area (Å²) in [5.74, 6) is -3.19. The molecule has 0 bridgehead atoms. The Morgan fingerprint density at radius 2 is 1.30 bits per heavy atom. The molecule has 0 aliphatic rings. The lowest BCUT2D eigenvalue weighted by Crippen LogP contribution is -1.92. The maximum atomic E-state index is 12.0. The lowest BCUT2D eigenvalue weighted by molar-refractivity contribution is 0.434. The van der Waals surface area contributed by atoms with Crippen molar-refractivity contribution in [1.29, 1.82) is 0 Å². The van der Waals surface area contributed by atoms with Crippen molar-refractivity contribution in [2.45, 2.75) is 0 Å². The second-order valence-electron chi connectivity index (χ2n) is 1.39. The van der Waals surface area contributed by atoms with Gasteiger partial charge in [0.15, 0.2) is 0 Å². The van der Waals surface area contributed by atoms with E-state index in [9.17, 15) is 17.6 Å². The van der Waals surface area contributed by atoms with Crippen molar-refractivity contribution in [2.24, 2.45) is 0 Å². The first-order chi connectivity index (χ1) is 4.61. The number of aromatic nitrogens is 1. The van der Waals surface area contributed by atoms with Crippen LogP contribution in [0.25, 0.3) is 0 Å². The Morgan fingerprint density at radius 1 is 0.900 bits per heavy atom. The van der Waals surface area contributed by atoms with Gasteiger partial charge in [-0.25, -0.2) is 0 Å². The molecule has 1 nitrogen and oxygen atoms in total. The van der Waals surface area contributed by atoms with E-state index < -0.39 is 31.2 Å². The summed E-state index contributed by atoms with van der Waals surface area (Å²) in [5.41, 5.74) is -2.81. The van der Waals surface area contributed by atoms with Crippen LogP contribution in [-0.4, -0.2) is 4.98 Å². The van der Waals surface area contributed by atoms with Gasteiger partial charge < -0.3 is 0 Å². The Balaban J connectivity index is 3.28. The summed E-state index contributed by atoms with van der Waals surface area (Å²) in [5, 5.41) is 0. The fraction of sp³-hybridized carbons (Fsp3) is 0. The van der Waals surface area contributed by atoms with Crippen LogP contribution in [-0.2, 0) is 0 Å². The number of hydrogen-bond acceptors (Lipinski definition) is 1. The van der Waals surface area contributed by atoms with E-state index in [1.807, 2.05) is 0 Å². The fourth-order valence-corrected chi connectivity index (χ4v) is 0.814. The van der Waals surface area contributed by atoms with Gasteiger partial charge in [0.25, 0.3) is 11.9 Å². The highest BCUT2D eigenvalue weighted by Crippen LogP contribution is 2.19. The van der Waals surface area contributed by atoms with Crippen LogP contribution >= 0.6 is 8.19 Å². The highest BCUT2D eigenvalue weighted by molar-refractivity contribution is 7.28. The lowest BCUT2D eigenvalue weighted by atomic mass is 10.8. The minimum absolute atomic E-state index is 0.734. The monoisotopic (exact) mass is 169 g/mol. The second-order valence-corrected chi connectivity index (χ2v) is 2.40. The molecule has 10 heavy (non-hydrogen) atoms. The summed E-state index contributed by atoms with van der Waals surface area (Å²) < 4.78 is 47.7. The van der Waals surface area contributed by atoms with Gasteiger partial charge in [0, 0.05) is 8.19 Å². The van der Waals surface area contributed by atoms with Gasteiger partial charge >= 0.3 is 0 Å². The van der Waals surface area contributed by atoms with E-state index in [4.69, 9.17) is 0 Å². The molecule has 54 valence electrons. The van der Waals surface area contributed by atoms with Crippen LogP contribution in [0.2, 0.25) is 0 Å². The third-order valence-corrected chi connectivity index (χ3v) is 1.49. The van der Waals surface area contributed by atoms with Gasteiger partial charge in [-0.15, -0.1) is 0 Å². The molecule has 1 aromatic rings. The maximum absolute atomic E-state index is 12.0. The quantitative estimate of drug-likeness (QED) is 0.542. The molecular weight excluding hydrogens is 169 g/mol. The molecule has 0 saturated heterocycles. The van der Waals surface area contributed by atoms with Crippen LogP contribution in [0, 0.1) is 23.0 Å². The molecule has 1 rings (SSSR count). The maximum Gasteiger partial charge on any atom is 0.256 e. The van der Waals surface area contributed by atoms with E-state index in [0.29, 0.717) is 0 Å². The molecule has 0 amide bonds. The molecule has 0 fully saturated rings. The Morgan fingerprint density at radius 3 is 1.60 bits per heavy atom. The predicted molar refractivity (Wildman–Crippen MR) is 26.6 cm³/mol. The molecule has 0 aliphatic carbocycles. The lowest BCUT2D eigenvalue weighted by Gasteiger charge is -1.90. The van der Waals surface area contributed by atoms with Crippen LogP contribution in [0.15, 0.2) is 0 Å². The smallest absolute Gasteiger partial charge is 0.196 e. The normalized spacial score (nSPS) is 10.0. The minimum Gasteiger partial charge on any atom is -0.196 e. The van der Waals surface area contributed by atoms with E-state index in [1.54, 1.807) is 0 Å². The molecule has 0 atom stereocenters. The molecule has 0 N–H and O–H groups in total. The predicted octanol–water partition coefficient (Wildman–Crippen LogP) is 2.22. The molecule has 6 heteroatoms. The van der Waals surface area contributed by atoms with Crippen molar-refractivity contribution in [3.8, 4) is 0 Å². The summed E-state index contributed by atoms with van der Waals surface area (Å²) in [6.07, 6.45) is 0. The number of nitrogens with zero attached hydrogens (tertiary/aromatic N) is 1. The zero-order valence-corrected chi connectivity index (χ0v) is 5.30. The molecule has 0 unspecified atom stereocenters. The van der Waals surface area contributed by atoms with Crippen molar-refractivity contribution < 1.29 is 17.6 Å². The van der Waals surface area contributed by atoms with Gasteiger partial charge in [0.05, 0.1) is 0 Å². The minimum atomic E-state index is -1.60. The van der Waals surface area contributed by atoms with Gasteiger partial charge in [-0.2, -0.15) is 22.5 Å². The van der Waals surface area contributed by atoms with Crippen molar-refractivity contribution in [3.63, 3.8) is 0 Å². The van der Waals surface area contributed by atoms with Crippen molar-refractivity contribution >= 4 is 8.19 Å². The number of hydrogen-bond donors (Lipinski definition) is 0. The molecule has 1 heterocycles. The first-order valence-electron chi connectivity index (χ1n) is 2.15. The first-order valence-corrected chi connectivity index (χ1v) is 3.04. The number of halogens is 4. The summed E-state index contributed by atoms with van der Waals surface area (Å²) >= 11 is 0. The summed E-state index contributed by atoms with van der Waals surface area (Å²) in [7, 11) is -0.734. The van der Waals surface area contributed by atoms with Gasteiger partial charge in [-0.3, -0.25) is 0 Å². The van der Waals surface area contributed by atoms with E-state index in [2.05, 4.69) is 4.98 Å². The molecule has 0 spiro atoms. The fourth-order valence-electron chi connectivity index (χ4n) is 0.357.